The molecule has 0 bridgehead atoms. The van der Waals surface area contributed by atoms with Crippen LogP contribution in [-0.2, 0) is 6.54 Å². The van der Waals surface area contributed by atoms with Gasteiger partial charge in [0.05, 0.1) is 10.5 Å². The fourth-order valence-electron chi connectivity index (χ4n) is 3.04. The fraction of sp³-hybridized carbons (Fsp3) is 0.316. The number of carbonyl (C=O) groups is 1. The van der Waals surface area contributed by atoms with Crippen LogP contribution >= 0.6 is 11.6 Å². The van der Waals surface area contributed by atoms with Gasteiger partial charge in [-0.3, -0.25) is 4.79 Å². The highest BCUT2D eigenvalue weighted by atomic mass is 35.5. The zero-order chi connectivity index (χ0) is 17.6. The average Bonchev–Trinajstić information content (AvgIpc) is 3.33. The topological polar surface area (TPSA) is 51.0 Å². The monoisotopic (exact) mass is 354 g/mol. The quantitative estimate of drug-likeness (QED) is 0.714. The minimum Gasteiger partial charge on any atom is -0.345 e. The second kappa shape index (κ2) is 6.15. The second-order valence-corrected chi connectivity index (χ2v) is 7.13. The highest BCUT2D eigenvalue weighted by Crippen LogP contribution is 2.36. The Morgan fingerprint density at radius 3 is 2.68 bits per heavy atom. The Kier molecular flexibility index (Phi) is 3.96. The van der Waals surface area contributed by atoms with Crippen LogP contribution in [0.5, 0.6) is 0 Å². The Bertz CT molecular complexity index is 959. The highest BCUT2D eigenvalue weighted by molar-refractivity contribution is 6.38. The van der Waals surface area contributed by atoms with E-state index in [9.17, 15) is 4.79 Å². The number of benzene rings is 2. The summed E-state index contributed by atoms with van der Waals surface area (Å²) in [5, 5.41) is 9.08. The van der Waals surface area contributed by atoms with Crippen LogP contribution in [0, 0.1) is 5.92 Å². The molecule has 1 heterocycles. The van der Waals surface area contributed by atoms with Gasteiger partial charge in [0.15, 0.2) is 0 Å². The number of halogens is 1. The third kappa shape index (κ3) is 2.89. The van der Waals surface area contributed by atoms with Crippen LogP contribution in [0.1, 0.15) is 23.2 Å². The summed E-state index contributed by atoms with van der Waals surface area (Å²) in [7, 11) is 3.49. The van der Waals surface area contributed by atoms with E-state index in [0.29, 0.717) is 22.0 Å². The zero-order valence-electron chi connectivity index (χ0n) is 14.2. The molecule has 6 heteroatoms. The van der Waals surface area contributed by atoms with Crippen molar-refractivity contribution in [3.05, 3.63) is 47.0 Å². The van der Waals surface area contributed by atoms with Crippen molar-refractivity contribution in [1.29, 1.82) is 0 Å². The van der Waals surface area contributed by atoms with Gasteiger partial charge in [-0.05, 0) is 36.5 Å². The van der Waals surface area contributed by atoms with Crippen LogP contribution in [0.3, 0.4) is 0 Å². The molecule has 128 valence electrons. The standard InChI is InChI=1S/C19H19ClN4O/c1-23(2)19(25)15-6-4-3-5-13(15)14-9-10-16-18(17(14)20)21-22-24(16)11-12-7-8-12/h3-6,9-10,12H,7-8,11H2,1-2H3. The van der Waals surface area contributed by atoms with E-state index >= 15 is 0 Å². The first-order chi connectivity index (χ1) is 12.1. The lowest BCUT2D eigenvalue weighted by Gasteiger charge is -2.15. The summed E-state index contributed by atoms with van der Waals surface area (Å²) in [6.07, 6.45) is 2.51. The minimum absolute atomic E-state index is 0.0517. The van der Waals surface area contributed by atoms with E-state index in [4.69, 9.17) is 11.6 Å². The number of hydrogen-bond donors (Lipinski definition) is 0. The summed E-state index contributed by atoms with van der Waals surface area (Å²) in [4.78, 5) is 14.1. The van der Waals surface area contributed by atoms with Crippen molar-refractivity contribution in [2.75, 3.05) is 14.1 Å². The smallest absolute Gasteiger partial charge is 0.253 e. The molecule has 0 N–H and O–H groups in total. The number of hydrogen-bond acceptors (Lipinski definition) is 3. The molecule has 0 unspecified atom stereocenters. The molecule has 1 saturated carbocycles. The lowest BCUT2D eigenvalue weighted by atomic mass is 9.98. The summed E-state index contributed by atoms with van der Waals surface area (Å²) in [6, 6.07) is 11.5. The first-order valence-corrected chi connectivity index (χ1v) is 8.77. The van der Waals surface area contributed by atoms with Crippen molar-refractivity contribution in [3.63, 3.8) is 0 Å². The Balaban J connectivity index is 1.83. The first kappa shape index (κ1) is 16.1. The second-order valence-electron chi connectivity index (χ2n) is 6.75. The van der Waals surface area contributed by atoms with E-state index in [-0.39, 0.29) is 5.91 Å². The van der Waals surface area contributed by atoms with Crippen molar-refractivity contribution >= 4 is 28.5 Å². The largest absolute Gasteiger partial charge is 0.345 e. The predicted molar refractivity (Wildman–Crippen MR) is 98.7 cm³/mol. The molecule has 0 radical (unpaired) electrons. The van der Waals surface area contributed by atoms with Gasteiger partial charge in [-0.25, -0.2) is 4.68 Å². The number of aromatic nitrogens is 3. The molecule has 0 atom stereocenters. The third-order valence-electron chi connectivity index (χ3n) is 4.61. The average molecular weight is 355 g/mol. The molecular weight excluding hydrogens is 336 g/mol. The summed E-state index contributed by atoms with van der Waals surface area (Å²) in [5.41, 5.74) is 3.87. The molecule has 0 spiro atoms. The molecule has 4 rings (SSSR count). The van der Waals surface area contributed by atoms with E-state index in [2.05, 4.69) is 10.3 Å². The Labute approximate surface area is 151 Å². The van der Waals surface area contributed by atoms with Gasteiger partial charge in [0.1, 0.15) is 5.52 Å². The van der Waals surface area contributed by atoms with Crippen LogP contribution in [0.2, 0.25) is 5.02 Å². The van der Waals surface area contributed by atoms with E-state index in [1.54, 1.807) is 19.0 Å². The molecule has 1 aliphatic carbocycles. The van der Waals surface area contributed by atoms with Crippen LogP contribution in [0.15, 0.2) is 36.4 Å². The van der Waals surface area contributed by atoms with Gasteiger partial charge in [-0.15, -0.1) is 5.10 Å². The van der Waals surface area contributed by atoms with Crippen molar-refractivity contribution in [2.45, 2.75) is 19.4 Å². The normalized spacial score (nSPS) is 14.0. The van der Waals surface area contributed by atoms with Crippen LogP contribution in [0.4, 0.5) is 0 Å². The Morgan fingerprint density at radius 1 is 1.20 bits per heavy atom. The molecule has 5 nitrogen and oxygen atoms in total. The molecular formula is C19H19ClN4O. The van der Waals surface area contributed by atoms with Crippen molar-refractivity contribution in [3.8, 4) is 11.1 Å². The molecule has 3 aromatic rings. The Hall–Kier alpha value is -2.40. The zero-order valence-corrected chi connectivity index (χ0v) is 15.0. The van der Waals surface area contributed by atoms with Crippen LogP contribution < -0.4 is 0 Å². The van der Waals surface area contributed by atoms with Crippen LogP contribution in [0.25, 0.3) is 22.2 Å². The van der Waals surface area contributed by atoms with Crippen LogP contribution in [-0.4, -0.2) is 39.9 Å². The highest BCUT2D eigenvalue weighted by Gasteiger charge is 2.24. The van der Waals surface area contributed by atoms with E-state index < -0.39 is 0 Å². The predicted octanol–water partition coefficient (Wildman–Crippen LogP) is 3.86. The summed E-state index contributed by atoms with van der Waals surface area (Å²) in [6.45, 7) is 0.891. The van der Waals surface area contributed by atoms with Gasteiger partial charge in [0.2, 0.25) is 0 Å². The van der Waals surface area contributed by atoms with Gasteiger partial charge >= 0.3 is 0 Å². The number of carbonyl (C=O) groups excluding carboxylic acids is 1. The number of fused-ring (bicyclic) bond motifs is 1. The molecule has 0 saturated heterocycles. The lowest BCUT2D eigenvalue weighted by Crippen LogP contribution is -2.22. The van der Waals surface area contributed by atoms with Crippen molar-refractivity contribution < 1.29 is 4.79 Å². The number of amides is 1. The maximum absolute atomic E-state index is 12.5. The van der Waals surface area contributed by atoms with E-state index in [0.717, 1.165) is 23.2 Å². The molecule has 1 fully saturated rings. The maximum atomic E-state index is 12.5. The third-order valence-corrected chi connectivity index (χ3v) is 4.99. The lowest BCUT2D eigenvalue weighted by molar-refractivity contribution is 0.0828. The summed E-state index contributed by atoms with van der Waals surface area (Å²) >= 11 is 6.66. The maximum Gasteiger partial charge on any atom is 0.253 e. The van der Waals surface area contributed by atoms with Gasteiger partial charge in [-0.1, -0.05) is 41.1 Å². The molecule has 2 aromatic carbocycles. The summed E-state index contributed by atoms with van der Waals surface area (Å²) < 4.78 is 1.93. The van der Waals surface area contributed by atoms with Gasteiger partial charge in [-0.2, -0.15) is 0 Å². The molecule has 1 amide bonds. The van der Waals surface area contributed by atoms with Gasteiger partial charge < -0.3 is 4.90 Å². The number of nitrogens with zero attached hydrogens (tertiary/aromatic N) is 4. The van der Waals surface area contributed by atoms with Gasteiger partial charge in [0, 0.05) is 31.8 Å². The van der Waals surface area contributed by atoms with Crippen molar-refractivity contribution in [2.24, 2.45) is 5.92 Å². The van der Waals surface area contributed by atoms with Gasteiger partial charge in [0.25, 0.3) is 5.91 Å². The molecule has 0 aliphatic heterocycles. The van der Waals surface area contributed by atoms with E-state index in [1.807, 2.05) is 41.1 Å². The minimum atomic E-state index is -0.0517. The number of rotatable bonds is 4. The fourth-order valence-corrected chi connectivity index (χ4v) is 3.34. The van der Waals surface area contributed by atoms with Crippen molar-refractivity contribution in [1.82, 2.24) is 19.9 Å². The molecule has 1 aromatic heterocycles. The summed E-state index contributed by atoms with van der Waals surface area (Å²) in [5.74, 6) is 0.658. The SMILES string of the molecule is CN(C)C(=O)c1ccccc1-c1ccc2c(nnn2CC2CC2)c1Cl. The first-order valence-electron chi connectivity index (χ1n) is 8.39. The van der Waals surface area contributed by atoms with E-state index in [1.165, 1.54) is 12.8 Å². The molecule has 25 heavy (non-hydrogen) atoms. The molecule has 1 aliphatic rings. The Morgan fingerprint density at radius 2 is 1.96 bits per heavy atom.